The number of carbonyl (C=O) groups excluding carboxylic acids is 1. The molecule has 0 saturated carbocycles. The molecule has 32 heavy (non-hydrogen) atoms. The van der Waals surface area contributed by atoms with Crippen LogP contribution in [0.3, 0.4) is 0 Å². The van der Waals surface area contributed by atoms with Gasteiger partial charge in [0.2, 0.25) is 5.82 Å². The van der Waals surface area contributed by atoms with Crippen molar-refractivity contribution in [2.75, 3.05) is 38.2 Å². The average molecular weight is 446 g/mol. The number of amides is 1. The van der Waals surface area contributed by atoms with Gasteiger partial charge >= 0.3 is 0 Å². The van der Waals surface area contributed by atoms with Crippen molar-refractivity contribution in [2.45, 2.75) is 0 Å². The standard InChI is InChI=1S/C24H23N5O2S/c1-31-20-11-9-18(10-12-20)27-13-15-28(16-14-27)24(30)22-25-23(21-8-5-17-32-21)29(26-22)19-6-3-2-4-7-19/h2-12,17H,13-16H2,1H3. The van der Waals surface area contributed by atoms with E-state index in [0.717, 1.165) is 35.1 Å². The number of benzene rings is 2. The number of carbonyl (C=O) groups is 1. The van der Waals surface area contributed by atoms with Gasteiger partial charge in [-0.1, -0.05) is 24.3 Å². The third kappa shape index (κ3) is 3.97. The largest absolute Gasteiger partial charge is 0.497 e. The highest BCUT2D eigenvalue weighted by atomic mass is 32.1. The molecular weight excluding hydrogens is 422 g/mol. The van der Waals surface area contributed by atoms with Crippen LogP contribution < -0.4 is 9.64 Å². The lowest BCUT2D eigenvalue weighted by Gasteiger charge is -2.35. The Hall–Kier alpha value is -3.65. The van der Waals surface area contributed by atoms with Gasteiger partial charge in [-0.2, -0.15) is 0 Å². The summed E-state index contributed by atoms with van der Waals surface area (Å²) in [5, 5.41) is 6.60. The minimum atomic E-state index is -0.133. The molecule has 1 saturated heterocycles. The smallest absolute Gasteiger partial charge is 0.293 e. The number of aromatic nitrogens is 3. The number of methoxy groups -OCH3 is 1. The molecule has 0 radical (unpaired) electrons. The first kappa shape index (κ1) is 20.3. The topological polar surface area (TPSA) is 63.5 Å². The van der Waals surface area contributed by atoms with E-state index in [4.69, 9.17) is 4.74 Å². The van der Waals surface area contributed by atoms with Gasteiger partial charge < -0.3 is 14.5 Å². The Morgan fingerprint density at radius 1 is 0.906 bits per heavy atom. The zero-order valence-corrected chi connectivity index (χ0v) is 18.5. The van der Waals surface area contributed by atoms with Crippen molar-refractivity contribution in [3.05, 3.63) is 77.9 Å². The number of thiophene rings is 1. The average Bonchev–Trinajstić information content (AvgIpc) is 3.55. The van der Waals surface area contributed by atoms with Gasteiger partial charge in [0.1, 0.15) is 5.75 Å². The van der Waals surface area contributed by atoms with Gasteiger partial charge in [-0.15, -0.1) is 16.4 Å². The van der Waals surface area contributed by atoms with Gasteiger partial charge in [0.25, 0.3) is 5.91 Å². The summed E-state index contributed by atoms with van der Waals surface area (Å²) in [5.41, 5.74) is 2.01. The van der Waals surface area contributed by atoms with E-state index in [2.05, 4.69) is 15.0 Å². The summed E-state index contributed by atoms with van der Waals surface area (Å²) in [6.45, 7) is 2.77. The molecule has 162 valence electrons. The van der Waals surface area contributed by atoms with Crippen LogP contribution in [-0.2, 0) is 0 Å². The summed E-state index contributed by atoms with van der Waals surface area (Å²) >= 11 is 1.58. The minimum Gasteiger partial charge on any atom is -0.497 e. The van der Waals surface area contributed by atoms with Crippen molar-refractivity contribution in [2.24, 2.45) is 0 Å². The van der Waals surface area contributed by atoms with E-state index in [9.17, 15) is 4.79 Å². The van der Waals surface area contributed by atoms with Crippen LogP contribution in [0, 0.1) is 0 Å². The molecule has 8 heteroatoms. The zero-order chi connectivity index (χ0) is 21.9. The predicted octanol–water partition coefficient (Wildman–Crippen LogP) is 3.97. The van der Waals surface area contributed by atoms with Crippen molar-refractivity contribution in [1.82, 2.24) is 19.7 Å². The first-order valence-electron chi connectivity index (χ1n) is 10.5. The predicted molar refractivity (Wildman–Crippen MR) is 126 cm³/mol. The van der Waals surface area contributed by atoms with Gasteiger partial charge in [-0.05, 0) is 47.8 Å². The van der Waals surface area contributed by atoms with E-state index in [1.54, 1.807) is 23.1 Å². The molecule has 4 aromatic rings. The van der Waals surface area contributed by atoms with Crippen LogP contribution in [0.2, 0.25) is 0 Å². The maximum absolute atomic E-state index is 13.2. The molecule has 0 bridgehead atoms. The maximum Gasteiger partial charge on any atom is 0.293 e. The van der Waals surface area contributed by atoms with Gasteiger partial charge in [0.05, 0.1) is 17.7 Å². The lowest BCUT2D eigenvalue weighted by molar-refractivity contribution is 0.0734. The fraction of sp³-hybridized carbons (Fsp3) is 0.208. The normalized spacial score (nSPS) is 13.9. The van der Waals surface area contributed by atoms with Crippen LogP contribution in [0.5, 0.6) is 5.75 Å². The summed E-state index contributed by atoms with van der Waals surface area (Å²) in [7, 11) is 1.66. The molecule has 0 atom stereocenters. The molecule has 3 heterocycles. The van der Waals surface area contributed by atoms with Crippen LogP contribution in [0.4, 0.5) is 5.69 Å². The number of piperazine rings is 1. The van der Waals surface area contributed by atoms with Crippen molar-refractivity contribution in [3.8, 4) is 22.1 Å². The van der Waals surface area contributed by atoms with Gasteiger partial charge in [0.15, 0.2) is 5.82 Å². The van der Waals surface area contributed by atoms with E-state index in [-0.39, 0.29) is 11.7 Å². The number of rotatable bonds is 5. The van der Waals surface area contributed by atoms with Crippen molar-refractivity contribution < 1.29 is 9.53 Å². The number of para-hydroxylation sites is 1. The van der Waals surface area contributed by atoms with E-state index in [1.165, 1.54) is 0 Å². The lowest BCUT2D eigenvalue weighted by Crippen LogP contribution is -2.49. The van der Waals surface area contributed by atoms with E-state index in [0.29, 0.717) is 18.9 Å². The minimum absolute atomic E-state index is 0.133. The Morgan fingerprint density at radius 2 is 1.66 bits per heavy atom. The molecule has 1 fully saturated rings. The number of hydrogen-bond acceptors (Lipinski definition) is 6. The molecular formula is C24H23N5O2S. The SMILES string of the molecule is COc1ccc(N2CCN(C(=O)c3nc(-c4cccs4)n(-c4ccccc4)n3)CC2)cc1. The summed E-state index contributed by atoms with van der Waals surface area (Å²) in [4.78, 5) is 23.0. The van der Waals surface area contributed by atoms with Gasteiger partial charge in [-0.25, -0.2) is 9.67 Å². The molecule has 0 unspecified atom stereocenters. The van der Waals surface area contributed by atoms with E-state index >= 15 is 0 Å². The first-order chi connectivity index (χ1) is 15.7. The molecule has 0 aliphatic carbocycles. The van der Waals surface area contributed by atoms with Crippen LogP contribution in [0.1, 0.15) is 10.6 Å². The molecule has 2 aromatic heterocycles. The Kier molecular flexibility index (Phi) is 5.60. The number of nitrogens with zero attached hydrogens (tertiary/aromatic N) is 5. The maximum atomic E-state index is 13.2. The number of ether oxygens (including phenoxy) is 1. The van der Waals surface area contributed by atoms with Crippen LogP contribution in [0.25, 0.3) is 16.4 Å². The van der Waals surface area contributed by atoms with Gasteiger partial charge in [0, 0.05) is 31.9 Å². The van der Waals surface area contributed by atoms with Crippen LogP contribution >= 0.6 is 11.3 Å². The molecule has 5 rings (SSSR count). The molecule has 2 aromatic carbocycles. The molecule has 1 aliphatic rings. The second-order valence-electron chi connectivity index (χ2n) is 7.46. The highest BCUT2D eigenvalue weighted by Gasteiger charge is 2.27. The highest BCUT2D eigenvalue weighted by molar-refractivity contribution is 7.13. The van der Waals surface area contributed by atoms with Crippen LogP contribution in [0.15, 0.2) is 72.1 Å². The molecule has 1 aliphatic heterocycles. The summed E-state index contributed by atoms with van der Waals surface area (Å²) in [6, 6.07) is 21.8. The monoisotopic (exact) mass is 445 g/mol. The number of hydrogen-bond donors (Lipinski definition) is 0. The Labute approximate surface area is 190 Å². The fourth-order valence-electron chi connectivity index (χ4n) is 3.82. The zero-order valence-electron chi connectivity index (χ0n) is 17.7. The second kappa shape index (κ2) is 8.84. The third-order valence-corrected chi connectivity index (χ3v) is 6.41. The second-order valence-corrected chi connectivity index (χ2v) is 8.41. The summed E-state index contributed by atoms with van der Waals surface area (Å²) < 4.78 is 6.99. The van der Waals surface area contributed by atoms with Gasteiger partial charge in [-0.3, -0.25) is 4.79 Å². The highest BCUT2D eigenvalue weighted by Crippen LogP contribution is 2.26. The third-order valence-electron chi connectivity index (χ3n) is 5.55. The lowest BCUT2D eigenvalue weighted by atomic mass is 10.2. The first-order valence-corrected chi connectivity index (χ1v) is 11.4. The molecule has 1 amide bonds. The van der Waals surface area contributed by atoms with Crippen molar-refractivity contribution in [1.29, 1.82) is 0 Å². The number of anilines is 1. The Bertz CT molecular complexity index is 1180. The van der Waals surface area contributed by atoms with E-state index < -0.39 is 0 Å². The fourth-order valence-corrected chi connectivity index (χ4v) is 4.52. The summed E-state index contributed by atoms with van der Waals surface area (Å²) in [6.07, 6.45) is 0. The molecule has 7 nitrogen and oxygen atoms in total. The van der Waals surface area contributed by atoms with Crippen molar-refractivity contribution >= 4 is 22.9 Å². The van der Waals surface area contributed by atoms with Crippen LogP contribution in [-0.4, -0.2) is 58.9 Å². The van der Waals surface area contributed by atoms with E-state index in [1.807, 2.05) is 77.0 Å². The Balaban J connectivity index is 1.35. The summed E-state index contributed by atoms with van der Waals surface area (Å²) in [5.74, 6) is 1.62. The Morgan fingerprint density at radius 3 is 2.31 bits per heavy atom. The molecule has 0 spiro atoms. The van der Waals surface area contributed by atoms with Crippen molar-refractivity contribution in [3.63, 3.8) is 0 Å². The molecule has 0 N–H and O–H groups in total. The quantitative estimate of drug-likeness (QED) is 0.465.